The third-order valence-corrected chi connectivity index (χ3v) is 5.52. The van der Waals surface area contributed by atoms with Gasteiger partial charge in [0.25, 0.3) is 11.5 Å². The van der Waals surface area contributed by atoms with Gasteiger partial charge in [-0.2, -0.15) is 13.2 Å². The fourth-order valence-electron chi connectivity index (χ4n) is 3.20. The Kier molecular flexibility index (Phi) is 7.80. The average Bonchev–Trinajstić information content (AvgIpc) is 2.77. The predicted octanol–water partition coefficient (Wildman–Crippen LogP) is 4.86. The number of aromatic nitrogens is 2. The van der Waals surface area contributed by atoms with Crippen molar-refractivity contribution in [3.8, 4) is 5.75 Å². The number of rotatable bonds is 8. The van der Waals surface area contributed by atoms with Crippen molar-refractivity contribution < 1.29 is 22.7 Å². The minimum atomic E-state index is -4.37. The molecule has 0 radical (unpaired) electrons. The maximum Gasteiger partial charge on any atom is 0.446 e. The summed E-state index contributed by atoms with van der Waals surface area (Å²) in [5.41, 5.74) is -3.33. The zero-order valence-corrected chi connectivity index (χ0v) is 18.7. The number of nitrogens with zero attached hydrogens (tertiary/aromatic N) is 1. The van der Waals surface area contributed by atoms with Gasteiger partial charge in [-0.25, -0.2) is 4.98 Å². The zero-order chi connectivity index (χ0) is 24.0. The Morgan fingerprint density at radius 2 is 1.82 bits per heavy atom. The Labute approximate surface area is 192 Å². The van der Waals surface area contributed by atoms with E-state index in [0.717, 1.165) is 11.6 Å². The molecule has 33 heavy (non-hydrogen) atoms. The van der Waals surface area contributed by atoms with E-state index in [1.54, 1.807) is 31.4 Å². The van der Waals surface area contributed by atoms with Gasteiger partial charge in [0.1, 0.15) is 17.3 Å². The van der Waals surface area contributed by atoms with Gasteiger partial charge in [-0.1, -0.05) is 31.2 Å². The molecule has 1 aromatic heterocycles. The van der Waals surface area contributed by atoms with Gasteiger partial charge < -0.3 is 15.0 Å². The molecule has 10 heteroatoms. The maximum absolute atomic E-state index is 12.8. The van der Waals surface area contributed by atoms with Crippen LogP contribution in [0.15, 0.2) is 64.3 Å². The molecule has 0 fully saturated rings. The summed E-state index contributed by atoms with van der Waals surface area (Å²) in [6.07, 6.45) is 0.815. The second kappa shape index (κ2) is 10.6. The number of hydrogen-bond donors (Lipinski definition) is 2. The first-order valence-corrected chi connectivity index (χ1v) is 10.9. The van der Waals surface area contributed by atoms with E-state index in [2.05, 4.69) is 15.3 Å². The fraction of sp³-hybridized carbons (Fsp3) is 0.261. The standard InChI is InChI=1S/C23H22F3N3O3S/c1-3-18(15-6-10-17(11-7-15)33-23(24,25)26)28-22(31)19-13-21(30)29-20(27-19)12-14-4-8-16(32-2)9-5-14/h4-11,13,18H,3,12H2,1-2H3,(H,28,31)(H,27,29,30)/t18-/m1/s1. The Morgan fingerprint density at radius 3 is 2.39 bits per heavy atom. The minimum Gasteiger partial charge on any atom is -0.497 e. The van der Waals surface area contributed by atoms with Crippen LogP contribution in [-0.2, 0) is 6.42 Å². The van der Waals surface area contributed by atoms with Gasteiger partial charge in [-0.3, -0.25) is 9.59 Å². The van der Waals surface area contributed by atoms with E-state index in [4.69, 9.17) is 4.74 Å². The molecule has 0 bridgehead atoms. The average molecular weight is 478 g/mol. The van der Waals surface area contributed by atoms with Crippen LogP contribution in [0.1, 0.15) is 46.8 Å². The highest BCUT2D eigenvalue weighted by molar-refractivity contribution is 8.00. The van der Waals surface area contributed by atoms with Crippen molar-refractivity contribution in [3.05, 3.63) is 87.6 Å². The van der Waals surface area contributed by atoms with Gasteiger partial charge in [-0.05, 0) is 53.6 Å². The highest BCUT2D eigenvalue weighted by Crippen LogP contribution is 2.37. The molecule has 0 aliphatic rings. The summed E-state index contributed by atoms with van der Waals surface area (Å²) in [4.78, 5) is 31.9. The number of halogens is 3. The van der Waals surface area contributed by atoms with Crippen LogP contribution in [-0.4, -0.2) is 28.5 Å². The monoisotopic (exact) mass is 477 g/mol. The Hall–Kier alpha value is -3.27. The molecule has 0 aliphatic carbocycles. The van der Waals surface area contributed by atoms with Gasteiger partial charge in [0.2, 0.25) is 0 Å². The van der Waals surface area contributed by atoms with Crippen LogP contribution in [0.3, 0.4) is 0 Å². The summed E-state index contributed by atoms with van der Waals surface area (Å²) in [6.45, 7) is 1.84. The molecule has 6 nitrogen and oxygen atoms in total. The van der Waals surface area contributed by atoms with Crippen molar-refractivity contribution in [2.45, 2.75) is 36.2 Å². The third kappa shape index (κ3) is 7.11. The Morgan fingerprint density at radius 1 is 1.15 bits per heavy atom. The van der Waals surface area contributed by atoms with Crippen molar-refractivity contribution in [1.29, 1.82) is 0 Å². The van der Waals surface area contributed by atoms with Crippen LogP contribution >= 0.6 is 11.8 Å². The van der Waals surface area contributed by atoms with Crippen LogP contribution in [0, 0.1) is 0 Å². The lowest BCUT2D eigenvalue weighted by atomic mass is 10.0. The number of nitrogens with one attached hydrogen (secondary N) is 2. The summed E-state index contributed by atoms with van der Waals surface area (Å²) in [6, 6.07) is 13.7. The number of thioether (sulfide) groups is 1. The maximum atomic E-state index is 12.8. The molecule has 174 valence electrons. The molecular weight excluding hydrogens is 455 g/mol. The van der Waals surface area contributed by atoms with Crippen molar-refractivity contribution in [2.75, 3.05) is 7.11 Å². The highest BCUT2D eigenvalue weighted by atomic mass is 32.2. The van der Waals surface area contributed by atoms with Crippen LogP contribution in [0.2, 0.25) is 0 Å². The first-order chi connectivity index (χ1) is 15.7. The topological polar surface area (TPSA) is 84.1 Å². The summed E-state index contributed by atoms with van der Waals surface area (Å²) in [5, 5.41) is 2.80. The van der Waals surface area contributed by atoms with E-state index in [-0.39, 0.29) is 22.4 Å². The number of aromatic amines is 1. The molecule has 0 aliphatic heterocycles. The molecule has 3 rings (SSSR count). The van der Waals surface area contributed by atoms with E-state index in [1.807, 2.05) is 19.1 Å². The summed E-state index contributed by atoms with van der Waals surface area (Å²) in [7, 11) is 1.57. The van der Waals surface area contributed by atoms with Gasteiger partial charge in [0.15, 0.2) is 0 Å². The normalized spacial score (nSPS) is 12.3. The third-order valence-electron chi connectivity index (χ3n) is 4.78. The van der Waals surface area contributed by atoms with Crippen LogP contribution in [0.4, 0.5) is 13.2 Å². The fourth-order valence-corrected chi connectivity index (χ4v) is 3.74. The van der Waals surface area contributed by atoms with Gasteiger partial charge in [0.05, 0.1) is 13.2 Å². The number of alkyl halides is 3. The molecule has 2 N–H and O–H groups in total. The lowest BCUT2D eigenvalue weighted by molar-refractivity contribution is -0.0328. The molecular formula is C23H22F3N3O3S. The van der Waals surface area contributed by atoms with Crippen molar-refractivity contribution in [1.82, 2.24) is 15.3 Å². The SMILES string of the molecule is CC[C@@H](NC(=O)c1cc(=O)[nH]c(Cc2ccc(OC)cc2)n1)c1ccc(SC(F)(F)F)cc1. The Bertz CT molecular complexity index is 1150. The smallest absolute Gasteiger partial charge is 0.446 e. The summed E-state index contributed by atoms with van der Waals surface area (Å²) < 4.78 is 42.7. The molecule has 1 amide bonds. The summed E-state index contributed by atoms with van der Waals surface area (Å²) >= 11 is -0.197. The van der Waals surface area contributed by atoms with E-state index < -0.39 is 23.0 Å². The first-order valence-electron chi connectivity index (χ1n) is 10.1. The number of benzene rings is 2. The number of H-pyrrole nitrogens is 1. The number of amides is 1. The molecule has 2 aromatic carbocycles. The number of carbonyl (C=O) groups excluding carboxylic acids is 1. The molecule has 0 spiro atoms. The van der Waals surface area contributed by atoms with Crippen molar-refractivity contribution >= 4 is 17.7 Å². The van der Waals surface area contributed by atoms with E-state index >= 15 is 0 Å². The molecule has 0 unspecified atom stereocenters. The molecule has 1 heterocycles. The number of carbonyl (C=O) groups is 1. The highest BCUT2D eigenvalue weighted by Gasteiger charge is 2.29. The Balaban J connectivity index is 1.73. The van der Waals surface area contributed by atoms with Crippen LogP contribution in [0.5, 0.6) is 5.75 Å². The molecule has 1 atom stereocenters. The van der Waals surface area contributed by atoms with E-state index in [1.165, 1.54) is 12.1 Å². The number of ether oxygens (including phenoxy) is 1. The number of hydrogen-bond acceptors (Lipinski definition) is 5. The van der Waals surface area contributed by atoms with E-state index in [9.17, 15) is 22.8 Å². The van der Waals surface area contributed by atoms with Gasteiger partial charge in [-0.15, -0.1) is 0 Å². The second-order valence-corrected chi connectivity index (χ2v) is 8.29. The second-order valence-electron chi connectivity index (χ2n) is 7.15. The molecule has 0 saturated heterocycles. The minimum absolute atomic E-state index is 0.0371. The van der Waals surface area contributed by atoms with Gasteiger partial charge in [0, 0.05) is 17.4 Å². The molecule has 0 saturated carbocycles. The quantitative estimate of drug-likeness (QED) is 0.453. The predicted molar refractivity (Wildman–Crippen MR) is 120 cm³/mol. The van der Waals surface area contributed by atoms with Crippen molar-refractivity contribution in [2.24, 2.45) is 0 Å². The number of methoxy groups -OCH3 is 1. The lowest BCUT2D eigenvalue weighted by Crippen LogP contribution is -2.30. The summed E-state index contributed by atoms with van der Waals surface area (Å²) in [5.74, 6) is 0.487. The first kappa shape index (κ1) is 24.4. The van der Waals surface area contributed by atoms with Crippen LogP contribution < -0.4 is 15.6 Å². The lowest BCUT2D eigenvalue weighted by Gasteiger charge is -2.18. The van der Waals surface area contributed by atoms with Crippen LogP contribution in [0.25, 0.3) is 0 Å². The zero-order valence-electron chi connectivity index (χ0n) is 17.9. The van der Waals surface area contributed by atoms with E-state index in [0.29, 0.717) is 30.0 Å². The largest absolute Gasteiger partial charge is 0.497 e. The molecule has 3 aromatic rings. The van der Waals surface area contributed by atoms with Crippen molar-refractivity contribution in [3.63, 3.8) is 0 Å². The van der Waals surface area contributed by atoms with Gasteiger partial charge >= 0.3 is 5.51 Å².